The number of hydrogen-bond acceptors (Lipinski definition) is 5. The van der Waals surface area contributed by atoms with Crippen LogP contribution in [0.2, 0.25) is 5.02 Å². The van der Waals surface area contributed by atoms with E-state index in [9.17, 15) is 27.7 Å². The van der Waals surface area contributed by atoms with Crippen LogP contribution < -0.4 is 9.62 Å². The minimum atomic E-state index is -3.98. The Labute approximate surface area is 172 Å². The molecule has 0 radical (unpaired) electrons. The summed E-state index contributed by atoms with van der Waals surface area (Å²) in [7, 11) is -3.98. The van der Waals surface area contributed by atoms with Crippen LogP contribution in [0, 0.1) is 22.9 Å². The molecule has 2 aromatic rings. The number of non-ortho nitro benzene ring substituents is 1. The summed E-state index contributed by atoms with van der Waals surface area (Å²) in [6.45, 7) is 3.19. The number of aryl methyl sites for hydroxylation is 1. The van der Waals surface area contributed by atoms with Crippen LogP contribution in [0.4, 0.5) is 21.5 Å². The van der Waals surface area contributed by atoms with Crippen molar-refractivity contribution in [2.75, 3.05) is 15.9 Å². The third kappa shape index (κ3) is 5.21. The maximum Gasteiger partial charge on any atom is 0.271 e. The van der Waals surface area contributed by atoms with E-state index < -0.39 is 32.7 Å². The fourth-order valence-corrected chi connectivity index (χ4v) is 4.23. The molecule has 0 saturated carbocycles. The van der Waals surface area contributed by atoms with Crippen LogP contribution >= 0.6 is 11.6 Å². The summed E-state index contributed by atoms with van der Waals surface area (Å²) < 4.78 is 39.2. The zero-order chi connectivity index (χ0) is 21.9. The lowest BCUT2D eigenvalue weighted by atomic mass is 10.1. The zero-order valence-corrected chi connectivity index (χ0v) is 17.4. The number of sulfonamides is 1. The van der Waals surface area contributed by atoms with Gasteiger partial charge in [-0.2, -0.15) is 0 Å². The van der Waals surface area contributed by atoms with E-state index in [0.717, 1.165) is 22.7 Å². The number of nitro groups is 1. The molecule has 0 aliphatic heterocycles. The Morgan fingerprint density at radius 1 is 1.31 bits per heavy atom. The quantitative estimate of drug-likeness (QED) is 0.515. The van der Waals surface area contributed by atoms with Gasteiger partial charge in [0, 0.05) is 17.8 Å². The summed E-state index contributed by atoms with van der Waals surface area (Å²) in [5.74, 6) is -1.35. The van der Waals surface area contributed by atoms with Gasteiger partial charge in [-0.05, 0) is 37.1 Å². The van der Waals surface area contributed by atoms with Crippen molar-refractivity contribution in [1.29, 1.82) is 0 Å². The van der Waals surface area contributed by atoms with E-state index in [1.54, 1.807) is 13.8 Å². The van der Waals surface area contributed by atoms with Crippen molar-refractivity contribution in [2.45, 2.75) is 26.3 Å². The second kappa shape index (κ2) is 8.75. The van der Waals surface area contributed by atoms with Gasteiger partial charge in [-0.15, -0.1) is 0 Å². The summed E-state index contributed by atoms with van der Waals surface area (Å²) in [6.07, 6.45) is 0.992. The number of benzene rings is 2. The Hall–Kier alpha value is -2.72. The molecule has 0 bridgehead atoms. The highest BCUT2D eigenvalue weighted by Gasteiger charge is 2.33. The lowest BCUT2D eigenvalue weighted by Gasteiger charge is -2.31. The third-order valence-corrected chi connectivity index (χ3v) is 5.61. The topological polar surface area (TPSA) is 110 Å². The molecule has 1 atom stereocenters. The average molecular weight is 444 g/mol. The molecule has 2 aromatic carbocycles. The fraction of sp³-hybridized carbons (Fsp3) is 0.278. The van der Waals surface area contributed by atoms with Gasteiger partial charge < -0.3 is 5.32 Å². The zero-order valence-electron chi connectivity index (χ0n) is 15.8. The molecule has 1 N–H and O–H groups in total. The SMILES string of the molecule is CC[C@@H](C(=O)Nc1ccc(F)c(Cl)c1)N(c1cc([N+](=O)[O-])ccc1C)S(C)(=O)=O. The molecule has 0 saturated heterocycles. The van der Waals surface area contributed by atoms with Crippen LogP contribution in [0.15, 0.2) is 36.4 Å². The lowest BCUT2D eigenvalue weighted by Crippen LogP contribution is -2.47. The second-order valence-electron chi connectivity index (χ2n) is 6.33. The molecule has 0 unspecified atom stereocenters. The van der Waals surface area contributed by atoms with E-state index in [2.05, 4.69) is 5.32 Å². The summed E-state index contributed by atoms with van der Waals surface area (Å²) in [5.41, 5.74) is 0.349. The van der Waals surface area contributed by atoms with Gasteiger partial charge in [0.2, 0.25) is 15.9 Å². The molecule has 1 amide bonds. The number of hydrogen-bond donors (Lipinski definition) is 1. The van der Waals surface area contributed by atoms with Crippen LogP contribution in [0.1, 0.15) is 18.9 Å². The summed E-state index contributed by atoms with van der Waals surface area (Å²) in [5, 5.41) is 13.4. The monoisotopic (exact) mass is 443 g/mol. The Balaban J connectivity index is 2.49. The van der Waals surface area contributed by atoms with Crippen LogP contribution in [-0.2, 0) is 14.8 Å². The van der Waals surface area contributed by atoms with E-state index in [1.165, 1.54) is 24.3 Å². The fourth-order valence-electron chi connectivity index (χ4n) is 2.78. The maximum atomic E-state index is 13.3. The van der Waals surface area contributed by atoms with E-state index in [0.29, 0.717) is 5.56 Å². The molecule has 0 fully saturated rings. The van der Waals surface area contributed by atoms with Crippen molar-refractivity contribution in [2.24, 2.45) is 0 Å². The van der Waals surface area contributed by atoms with Gasteiger partial charge in [-0.25, -0.2) is 12.8 Å². The molecule has 0 aliphatic rings. The maximum absolute atomic E-state index is 13.3. The second-order valence-corrected chi connectivity index (χ2v) is 8.60. The molecule has 0 aliphatic carbocycles. The highest BCUT2D eigenvalue weighted by molar-refractivity contribution is 7.92. The van der Waals surface area contributed by atoms with E-state index in [-0.39, 0.29) is 28.5 Å². The Bertz CT molecular complexity index is 1060. The van der Waals surface area contributed by atoms with Gasteiger partial charge in [0.05, 0.1) is 21.9 Å². The third-order valence-electron chi connectivity index (χ3n) is 4.16. The van der Waals surface area contributed by atoms with Crippen molar-refractivity contribution in [3.8, 4) is 0 Å². The number of nitrogens with zero attached hydrogens (tertiary/aromatic N) is 2. The molecule has 0 heterocycles. The Morgan fingerprint density at radius 3 is 2.48 bits per heavy atom. The van der Waals surface area contributed by atoms with Gasteiger partial charge in [-0.1, -0.05) is 24.6 Å². The van der Waals surface area contributed by atoms with E-state index >= 15 is 0 Å². The van der Waals surface area contributed by atoms with Crippen molar-refractivity contribution >= 4 is 44.6 Å². The van der Waals surface area contributed by atoms with Crippen LogP contribution in [0.25, 0.3) is 0 Å². The first kappa shape index (κ1) is 22.6. The highest BCUT2D eigenvalue weighted by atomic mass is 35.5. The first-order valence-electron chi connectivity index (χ1n) is 8.46. The van der Waals surface area contributed by atoms with Gasteiger partial charge in [0.15, 0.2) is 0 Å². The largest absolute Gasteiger partial charge is 0.324 e. The number of anilines is 2. The van der Waals surface area contributed by atoms with Gasteiger partial charge in [0.1, 0.15) is 11.9 Å². The Kier molecular flexibility index (Phi) is 6.81. The molecular formula is C18H19ClFN3O5S. The highest BCUT2D eigenvalue weighted by Crippen LogP contribution is 2.30. The van der Waals surface area contributed by atoms with Gasteiger partial charge >= 0.3 is 0 Å². The molecule has 0 aromatic heterocycles. The summed E-state index contributed by atoms with van der Waals surface area (Å²) in [6, 6.07) is 6.13. The van der Waals surface area contributed by atoms with Crippen molar-refractivity contribution in [3.05, 3.63) is 62.9 Å². The standard InChI is InChI=1S/C18H19ClFN3O5S/c1-4-16(18(24)21-12-6-8-15(20)14(19)9-12)22(29(3,27)28)17-10-13(23(25)26)7-5-11(17)2/h5-10,16H,4H2,1-3H3,(H,21,24)/t16-/m0/s1. The smallest absolute Gasteiger partial charge is 0.271 e. The normalized spacial score (nSPS) is 12.3. The molecular weight excluding hydrogens is 425 g/mol. The predicted molar refractivity (Wildman–Crippen MR) is 109 cm³/mol. The van der Waals surface area contributed by atoms with Crippen LogP contribution in [-0.4, -0.2) is 31.5 Å². The van der Waals surface area contributed by atoms with Crippen molar-refractivity contribution in [3.63, 3.8) is 0 Å². The van der Waals surface area contributed by atoms with Crippen LogP contribution in [0.5, 0.6) is 0 Å². The summed E-state index contributed by atoms with van der Waals surface area (Å²) >= 11 is 5.71. The average Bonchev–Trinajstić information content (AvgIpc) is 2.62. The Morgan fingerprint density at radius 2 is 1.97 bits per heavy atom. The van der Waals surface area contributed by atoms with Gasteiger partial charge in [0.25, 0.3) is 5.69 Å². The molecule has 0 spiro atoms. The van der Waals surface area contributed by atoms with E-state index in [1.807, 2.05) is 0 Å². The first-order chi connectivity index (χ1) is 13.5. The predicted octanol–water partition coefficient (Wildman–Crippen LogP) is 3.88. The number of carbonyl (C=O) groups excluding carboxylic acids is 1. The van der Waals surface area contributed by atoms with Crippen molar-refractivity contribution in [1.82, 2.24) is 0 Å². The molecule has 2 rings (SSSR count). The van der Waals surface area contributed by atoms with E-state index in [4.69, 9.17) is 11.6 Å². The van der Waals surface area contributed by atoms with Crippen LogP contribution in [0.3, 0.4) is 0 Å². The number of rotatable bonds is 7. The lowest BCUT2D eigenvalue weighted by molar-refractivity contribution is -0.384. The van der Waals surface area contributed by atoms with Gasteiger partial charge in [-0.3, -0.25) is 19.2 Å². The molecule has 8 nitrogen and oxygen atoms in total. The number of carbonyl (C=O) groups is 1. The number of halogens is 2. The molecule has 29 heavy (non-hydrogen) atoms. The first-order valence-corrected chi connectivity index (χ1v) is 10.7. The number of nitro benzene ring substituents is 1. The number of nitrogens with one attached hydrogen (secondary N) is 1. The summed E-state index contributed by atoms with van der Waals surface area (Å²) in [4.78, 5) is 23.3. The minimum Gasteiger partial charge on any atom is -0.324 e. The molecule has 11 heteroatoms. The number of amides is 1. The minimum absolute atomic E-state index is 0.0286. The molecule has 156 valence electrons. The van der Waals surface area contributed by atoms with Crippen molar-refractivity contribution < 1.29 is 22.5 Å².